The van der Waals surface area contributed by atoms with Gasteiger partial charge in [-0.2, -0.15) is 0 Å². The fourth-order valence-corrected chi connectivity index (χ4v) is 2.37. The molecule has 0 bridgehead atoms. The highest BCUT2D eigenvalue weighted by Crippen LogP contribution is 2.19. The van der Waals surface area contributed by atoms with Crippen molar-refractivity contribution in [3.05, 3.63) is 34.9 Å². The fraction of sp³-hybridized carbons (Fsp3) is 0.462. The first kappa shape index (κ1) is 13.3. The minimum Gasteiger partial charge on any atom is -0.339 e. The third kappa shape index (κ3) is 3.45. The van der Waals surface area contributed by atoms with Crippen LogP contribution in [0, 0.1) is 0 Å². The van der Waals surface area contributed by atoms with Crippen LogP contribution in [-0.2, 0) is 11.3 Å². The van der Waals surface area contributed by atoms with E-state index in [-0.39, 0.29) is 18.6 Å². The summed E-state index contributed by atoms with van der Waals surface area (Å²) >= 11 is 5.86. The smallest absolute Gasteiger partial charge is 0.234 e. The molecule has 5 heteroatoms. The van der Waals surface area contributed by atoms with Gasteiger partial charge in [-0.25, -0.2) is 0 Å². The number of hydrogen-bond donors (Lipinski definition) is 2. The van der Waals surface area contributed by atoms with Crippen LogP contribution >= 0.6 is 11.6 Å². The van der Waals surface area contributed by atoms with E-state index in [1.807, 2.05) is 24.3 Å². The molecule has 1 aromatic rings. The van der Waals surface area contributed by atoms with Gasteiger partial charge in [0.25, 0.3) is 0 Å². The van der Waals surface area contributed by atoms with E-state index in [4.69, 9.17) is 17.3 Å². The molecule has 0 spiro atoms. The van der Waals surface area contributed by atoms with E-state index in [0.29, 0.717) is 0 Å². The van der Waals surface area contributed by atoms with Crippen LogP contribution in [0.4, 0.5) is 0 Å². The molecule has 0 aromatic heterocycles. The molecule has 1 heterocycles. The fourth-order valence-electron chi connectivity index (χ4n) is 2.25. The number of likely N-dealkylation sites (tertiary alicyclic amines) is 1. The average molecular weight is 268 g/mol. The molecule has 4 nitrogen and oxygen atoms in total. The molecule has 1 fully saturated rings. The van der Waals surface area contributed by atoms with Gasteiger partial charge in [-0.15, -0.1) is 0 Å². The number of hydrogen-bond acceptors (Lipinski definition) is 3. The molecule has 2 rings (SSSR count). The maximum Gasteiger partial charge on any atom is 0.234 e. The summed E-state index contributed by atoms with van der Waals surface area (Å²) in [7, 11) is 0. The number of amides is 1. The maximum absolute atomic E-state index is 11.3. The van der Waals surface area contributed by atoms with Gasteiger partial charge in [0.2, 0.25) is 5.91 Å². The van der Waals surface area contributed by atoms with Gasteiger partial charge in [0.05, 0.1) is 12.7 Å². The summed E-state index contributed by atoms with van der Waals surface area (Å²) in [6, 6.07) is 7.81. The van der Waals surface area contributed by atoms with Gasteiger partial charge >= 0.3 is 0 Å². The van der Waals surface area contributed by atoms with Crippen molar-refractivity contribution in [2.45, 2.75) is 25.6 Å². The number of rotatable bonds is 4. The van der Waals surface area contributed by atoms with Gasteiger partial charge in [-0.3, -0.25) is 9.69 Å². The zero-order valence-corrected chi connectivity index (χ0v) is 11.0. The van der Waals surface area contributed by atoms with E-state index >= 15 is 0 Å². The molecular formula is C13H18ClN3O. The van der Waals surface area contributed by atoms with Crippen LogP contribution in [0.3, 0.4) is 0 Å². The van der Waals surface area contributed by atoms with Gasteiger partial charge in [-0.1, -0.05) is 23.7 Å². The molecule has 0 radical (unpaired) electrons. The molecule has 1 aliphatic heterocycles. The van der Waals surface area contributed by atoms with Gasteiger partial charge in [0.15, 0.2) is 0 Å². The van der Waals surface area contributed by atoms with Gasteiger partial charge in [0, 0.05) is 18.1 Å². The lowest BCUT2D eigenvalue weighted by atomic mass is 10.2. The molecule has 1 aliphatic rings. The highest BCUT2D eigenvalue weighted by atomic mass is 35.5. The number of carbonyl (C=O) groups excluding carboxylic acids is 1. The van der Waals surface area contributed by atoms with Crippen LogP contribution in [0.2, 0.25) is 5.02 Å². The number of nitrogens with two attached hydrogens (primary N) is 1. The highest BCUT2D eigenvalue weighted by Gasteiger charge is 2.25. The first-order valence-electron chi connectivity index (χ1n) is 6.17. The number of nitrogens with zero attached hydrogens (tertiary/aromatic N) is 1. The summed E-state index contributed by atoms with van der Waals surface area (Å²) in [5.41, 5.74) is 6.52. The van der Waals surface area contributed by atoms with Crippen molar-refractivity contribution in [2.24, 2.45) is 5.73 Å². The molecule has 1 amide bonds. The first-order chi connectivity index (χ1) is 8.69. The molecule has 1 saturated heterocycles. The number of carbonyl (C=O) groups is 1. The SMILES string of the molecule is NCC(=O)NC1CCCN1Cc1ccc(Cl)cc1. The Morgan fingerprint density at radius 3 is 2.83 bits per heavy atom. The van der Waals surface area contributed by atoms with Crippen molar-refractivity contribution in [3.8, 4) is 0 Å². The zero-order chi connectivity index (χ0) is 13.0. The predicted molar refractivity (Wildman–Crippen MR) is 72.1 cm³/mol. The summed E-state index contributed by atoms with van der Waals surface area (Å²) in [4.78, 5) is 13.6. The van der Waals surface area contributed by atoms with E-state index in [1.54, 1.807) is 0 Å². The first-order valence-corrected chi connectivity index (χ1v) is 6.55. The molecule has 3 N–H and O–H groups in total. The van der Waals surface area contributed by atoms with Crippen molar-refractivity contribution in [2.75, 3.05) is 13.1 Å². The Balaban J connectivity index is 1.95. The lowest BCUT2D eigenvalue weighted by Gasteiger charge is -2.25. The van der Waals surface area contributed by atoms with Gasteiger partial charge in [0.1, 0.15) is 0 Å². The Hall–Kier alpha value is -1.10. The van der Waals surface area contributed by atoms with Crippen LogP contribution in [0.15, 0.2) is 24.3 Å². The second kappa shape index (κ2) is 6.18. The largest absolute Gasteiger partial charge is 0.339 e. The van der Waals surface area contributed by atoms with Crippen molar-refractivity contribution in [1.29, 1.82) is 0 Å². The van der Waals surface area contributed by atoms with Crippen molar-refractivity contribution < 1.29 is 4.79 Å². The second-order valence-corrected chi connectivity index (χ2v) is 4.96. The minimum atomic E-state index is -0.0944. The summed E-state index contributed by atoms with van der Waals surface area (Å²) in [6.07, 6.45) is 2.19. The maximum atomic E-state index is 11.3. The molecule has 1 atom stereocenters. The zero-order valence-electron chi connectivity index (χ0n) is 10.2. The number of nitrogens with one attached hydrogen (secondary N) is 1. The van der Waals surface area contributed by atoms with Crippen LogP contribution in [-0.4, -0.2) is 30.1 Å². The predicted octanol–water partition coefficient (Wildman–Crippen LogP) is 1.34. The Bertz CT molecular complexity index is 407. The van der Waals surface area contributed by atoms with E-state index in [1.165, 1.54) is 5.56 Å². The minimum absolute atomic E-state index is 0.0469. The monoisotopic (exact) mass is 267 g/mol. The number of halogens is 1. The molecular weight excluding hydrogens is 250 g/mol. The molecule has 1 unspecified atom stereocenters. The molecule has 98 valence electrons. The molecule has 18 heavy (non-hydrogen) atoms. The Morgan fingerprint density at radius 2 is 2.17 bits per heavy atom. The van der Waals surface area contributed by atoms with E-state index < -0.39 is 0 Å². The quantitative estimate of drug-likeness (QED) is 0.866. The van der Waals surface area contributed by atoms with Crippen LogP contribution in [0.25, 0.3) is 0 Å². The van der Waals surface area contributed by atoms with Gasteiger partial charge in [-0.05, 0) is 30.5 Å². The lowest BCUT2D eigenvalue weighted by molar-refractivity contribution is -0.121. The Labute approximate surface area is 112 Å². The topological polar surface area (TPSA) is 58.4 Å². The summed E-state index contributed by atoms with van der Waals surface area (Å²) < 4.78 is 0. The normalized spacial score (nSPS) is 20.0. The Morgan fingerprint density at radius 1 is 1.44 bits per heavy atom. The Kier molecular flexibility index (Phi) is 4.58. The van der Waals surface area contributed by atoms with E-state index in [2.05, 4.69) is 10.2 Å². The third-order valence-corrected chi connectivity index (χ3v) is 3.43. The van der Waals surface area contributed by atoms with E-state index in [9.17, 15) is 4.79 Å². The summed E-state index contributed by atoms with van der Waals surface area (Å²) in [5.74, 6) is -0.0944. The van der Waals surface area contributed by atoms with Crippen molar-refractivity contribution in [3.63, 3.8) is 0 Å². The third-order valence-electron chi connectivity index (χ3n) is 3.18. The molecule has 1 aromatic carbocycles. The van der Waals surface area contributed by atoms with Crippen molar-refractivity contribution in [1.82, 2.24) is 10.2 Å². The van der Waals surface area contributed by atoms with Crippen LogP contribution in [0.5, 0.6) is 0 Å². The average Bonchev–Trinajstić information content (AvgIpc) is 2.79. The summed E-state index contributed by atoms with van der Waals surface area (Å²) in [5, 5.41) is 3.69. The van der Waals surface area contributed by atoms with Crippen LogP contribution < -0.4 is 11.1 Å². The molecule has 0 aliphatic carbocycles. The van der Waals surface area contributed by atoms with E-state index in [0.717, 1.165) is 31.0 Å². The van der Waals surface area contributed by atoms with Gasteiger partial charge < -0.3 is 11.1 Å². The van der Waals surface area contributed by atoms with Crippen molar-refractivity contribution >= 4 is 17.5 Å². The lowest BCUT2D eigenvalue weighted by Crippen LogP contribution is -2.46. The molecule has 0 saturated carbocycles. The highest BCUT2D eigenvalue weighted by molar-refractivity contribution is 6.30. The summed E-state index contributed by atoms with van der Waals surface area (Å²) in [6.45, 7) is 1.87. The van der Waals surface area contributed by atoms with Crippen LogP contribution in [0.1, 0.15) is 18.4 Å². The number of benzene rings is 1. The standard InChI is InChI=1S/C13H18ClN3O/c14-11-5-3-10(4-6-11)9-17-7-1-2-12(17)16-13(18)8-15/h3-6,12H,1-2,7-9,15H2,(H,16,18). The second-order valence-electron chi connectivity index (χ2n) is 4.53.